The van der Waals surface area contributed by atoms with Gasteiger partial charge in [-0.25, -0.2) is 0 Å². The number of hydrogen-bond acceptors (Lipinski definition) is 4. The van der Waals surface area contributed by atoms with Gasteiger partial charge in [0, 0.05) is 0 Å². The number of nitrogens with two attached hydrogens (primary N) is 2. The van der Waals surface area contributed by atoms with Gasteiger partial charge in [-0.2, -0.15) is 0 Å². The molecule has 1 aliphatic heterocycles. The molecule has 13 heavy (non-hydrogen) atoms. The summed E-state index contributed by atoms with van der Waals surface area (Å²) in [6.45, 7) is 1.74. The highest BCUT2D eigenvalue weighted by Gasteiger charge is 2.40. The van der Waals surface area contributed by atoms with Gasteiger partial charge in [0.05, 0.1) is 0 Å². The molecule has 1 heterocycles. The zero-order valence-electron chi connectivity index (χ0n) is 7.16. The fraction of sp³-hybridized carbons (Fsp3) is 0.429. The van der Waals surface area contributed by atoms with Gasteiger partial charge in [0.15, 0.2) is 5.54 Å². The Kier molecular flexibility index (Phi) is 2.24. The molecule has 1 aliphatic rings. The summed E-state index contributed by atoms with van der Waals surface area (Å²) in [5.41, 5.74) is 11.4. The molecule has 2 amide bonds. The third-order valence-corrected chi connectivity index (χ3v) is 1.96. The van der Waals surface area contributed by atoms with E-state index in [1.807, 2.05) is 0 Å². The molecule has 0 aromatic rings. The predicted octanol–water partition coefficient (Wildman–Crippen LogP) is -1.48. The number of rotatable bonds is 3. The standard InChI is InChI=1S/C7H11N3O3/c1-2-7(6(9)12)3-4(5(8)11)13-10-7/h3,10H,2H2,1H3,(H2,8,11)(H2,9,12). The van der Waals surface area contributed by atoms with Crippen LogP contribution in [0.5, 0.6) is 0 Å². The van der Waals surface area contributed by atoms with Crippen LogP contribution < -0.4 is 16.9 Å². The maximum Gasteiger partial charge on any atom is 0.286 e. The summed E-state index contributed by atoms with van der Waals surface area (Å²) >= 11 is 0. The van der Waals surface area contributed by atoms with Gasteiger partial charge in [-0.3, -0.25) is 9.59 Å². The summed E-state index contributed by atoms with van der Waals surface area (Å²) in [5.74, 6) is -1.42. The summed E-state index contributed by atoms with van der Waals surface area (Å²) in [6, 6.07) is 0. The largest absolute Gasteiger partial charge is 0.402 e. The van der Waals surface area contributed by atoms with E-state index in [2.05, 4.69) is 5.48 Å². The van der Waals surface area contributed by atoms with Gasteiger partial charge < -0.3 is 16.3 Å². The summed E-state index contributed by atoms with van der Waals surface area (Å²) in [4.78, 5) is 26.4. The molecule has 0 saturated heterocycles. The van der Waals surface area contributed by atoms with Crippen molar-refractivity contribution in [3.8, 4) is 0 Å². The van der Waals surface area contributed by atoms with Crippen LogP contribution in [0.3, 0.4) is 0 Å². The second-order valence-electron chi connectivity index (χ2n) is 2.77. The van der Waals surface area contributed by atoms with E-state index in [4.69, 9.17) is 16.3 Å². The second kappa shape index (κ2) is 3.06. The first-order valence-corrected chi connectivity index (χ1v) is 3.78. The Balaban J connectivity index is 2.96. The SMILES string of the molecule is CCC1(C(N)=O)C=C(C(N)=O)ON1. The molecule has 0 spiro atoms. The maximum atomic E-state index is 11.0. The van der Waals surface area contributed by atoms with Gasteiger partial charge >= 0.3 is 0 Å². The van der Waals surface area contributed by atoms with Crippen molar-refractivity contribution in [2.45, 2.75) is 18.9 Å². The average Bonchev–Trinajstić information content (AvgIpc) is 2.49. The molecule has 6 nitrogen and oxygen atoms in total. The second-order valence-corrected chi connectivity index (χ2v) is 2.77. The van der Waals surface area contributed by atoms with Crippen LogP contribution in [0, 0.1) is 0 Å². The van der Waals surface area contributed by atoms with Crippen LogP contribution >= 0.6 is 0 Å². The van der Waals surface area contributed by atoms with Gasteiger partial charge in [0.1, 0.15) is 0 Å². The van der Waals surface area contributed by atoms with Crippen LogP contribution in [0.15, 0.2) is 11.8 Å². The van der Waals surface area contributed by atoms with Crippen molar-refractivity contribution in [1.29, 1.82) is 0 Å². The minimum absolute atomic E-state index is 0.0827. The lowest BCUT2D eigenvalue weighted by molar-refractivity contribution is -0.127. The lowest BCUT2D eigenvalue weighted by atomic mass is 9.96. The quantitative estimate of drug-likeness (QED) is 0.498. The van der Waals surface area contributed by atoms with E-state index in [0.717, 1.165) is 0 Å². The van der Waals surface area contributed by atoms with E-state index >= 15 is 0 Å². The molecule has 1 rings (SSSR count). The minimum Gasteiger partial charge on any atom is -0.402 e. The third-order valence-electron chi connectivity index (χ3n) is 1.96. The van der Waals surface area contributed by atoms with Crippen LogP contribution in [0.1, 0.15) is 13.3 Å². The van der Waals surface area contributed by atoms with Crippen molar-refractivity contribution in [2.75, 3.05) is 0 Å². The lowest BCUT2D eigenvalue weighted by Crippen LogP contribution is -2.50. The number of primary amides is 2. The Labute approximate surface area is 74.9 Å². The number of carbonyl (C=O) groups excluding carboxylic acids is 2. The molecule has 0 bridgehead atoms. The first-order chi connectivity index (χ1) is 6.02. The molecule has 0 aromatic carbocycles. The number of hydrogen-bond donors (Lipinski definition) is 3. The van der Waals surface area contributed by atoms with Gasteiger partial charge in [-0.1, -0.05) is 6.92 Å². The molecular formula is C7H11N3O3. The highest BCUT2D eigenvalue weighted by atomic mass is 16.7. The smallest absolute Gasteiger partial charge is 0.286 e. The molecule has 0 saturated carbocycles. The fourth-order valence-electron chi connectivity index (χ4n) is 1.02. The lowest BCUT2D eigenvalue weighted by Gasteiger charge is -2.19. The topological polar surface area (TPSA) is 107 Å². The highest BCUT2D eigenvalue weighted by Crippen LogP contribution is 2.20. The van der Waals surface area contributed by atoms with Crippen molar-refractivity contribution in [3.05, 3.63) is 11.8 Å². The van der Waals surface area contributed by atoms with E-state index < -0.39 is 17.4 Å². The maximum absolute atomic E-state index is 11.0. The van der Waals surface area contributed by atoms with Crippen molar-refractivity contribution in [2.24, 2.45) is 11.5 Å². The van der Waals surface area contributed by atoms with Gasteiger partial charge in [0.25, 0.3) is 5.91 Å². The van der Waals surface area contributed by atoms with Gasteiger partial charge in [0.2, 0.25) is 11.7 Å². The van der Waals surface area contributed by atoms with Gasteiger partial charge in [-0.15, -0.1) is 5.48 Å². The number of carbonyl (C=O) groups is 2. The average molecular weight is 185 g/mol. The molecular weight excluding hydrogens is 174 g/mol. The molecule has 0 aromatic heterocycles. The molecule has 0 fully saturated rings. The molecule has 1 unspecified atom stereocenters. The Hall–Kier alpha value is -1.56. The van der Waals surface area contributed by atoms with Gasteiger partial charge in [-0.05, 0) is 12.5 Å². The Morgan fingerprint density at radius 3 is 2.46 bits per heavy atom. The van der Waals surface area contributed by atoms with E-state index in [0.29, 0.717) is 6.42 Å². The van der Waals surface area contributed by atoms with E-state index in [-0.39, 0.29) is 5.76 Å². The van der Waals surface area contributed by atoms with Crippen molar-refractivity contribution < 1.29 is 14.4 Å². The van der Waals surface area contributed by atoms with Crippen LogP contribution in [-0.2, 0) is 14.4 Å². The van der Waals surface area contributed by atoms with Crippen molar-refractivity contribution in [1.82, 2.24) is 5.48 Å². The minimum atomic E-state index is -1.11. The Bertz CT molecular complexity index is 287. The van der Waals surface area contributed by atoms with Crippen molar-refractivity contribution >= 4 is 11.8 Å². The van der Waals surface area contributed by atoms with Crippen LogP contribution in [-0.4, -0.2) is 17.4 Å². The summed E-state index contributed by atoms with van der Waals surface area (Å²) in [5, 5.41) is 0. The van der Waals surface area contributed by atoms with E-state index in [1.165, 1.54) is 6.08 Å². The Morgan fingerprint density at radius 2 is 2.23 bits per heavy atom. The first kappa shape index (κ1) is 9.53. The summed E-state index contributed by atoms with van der Waals surface area (Å²) in [6.07, 6.45) is 1.69. The van der Waals surface area contributed by atoms with Crippen LogP contribution in [0.25, 0.3) is 0 Å². The molecule has 6 heteroatoms. The van der Waals surface area contributed by atoms with E-state index in [9.17, 15) is 9.59 Å². The summed E-state index contributed by atoms with van der Waals surface area (Å²) < 4.78 is 0. The fourth-order valence-corrected chi connectivity index (χ4v) is 1.02. The highest BCUT2D eigenvalue weighted by molar-refractivity contribution is 5.94. The van der Waals surface area contributed by atoms with Crippen LogP contribution in [0.4, 0.5) is 0 Å². The molecule has 1 atom stereocenters. The van der Waals surface area contributed by atoms with Crippen LogP contribution in [0.2, 0.25) is 0 Å². The normalized spacial score (nSPS) is 26.4. The Morgan fingerprint density at radius 1 is 1.62 bits per heavy atom. The first-order valence-electron chi connectivity index (χ1n) is 3.78. The summed E-state index contributed by atoms with van der Waals surface area (Å²) in [7, 11) is 0. The third kappa shape index (κ3) is 1.48. The molecule has 5 N–H and O–H groups in total. The number of hydroxylamine groups is 1. The zero-order chi connectivity index (χ0) is 10.1. The predicted molar refractivity (Wildman–Crippen MR) is 43.7 cm³/mol. The molecule has 0 aliphatic carbocycles. The van der Waals surface area contributed by atoms with E-state index in [1.54, 1.807) is 6.92 Å². The zero-order valence-corrected chi connectivity index (χ0v) is 7.16. The monoisotopic (exact) mass is 185 g/mol. The number of nitrogens with one attached hydrogen (secondary N) is 1. The molecule has 0 radical (unpaired) electrons. The van der Waals surface area contributed by atoms with Crippen molar-refractivity contribution in [3.63, 3.8) is 0 Å². The molecule has 72 valence electrons. The number of amides is 2.